The van der Waals surface area contributed by atoms with Gasteiger partial charge in [0.1, 0.15) is 18.7 Å². The lowest BCUT2D eigenvalue weighted by molar-refractivity contribution is -0.137. The van der Waals surface area contributed by atoms with Crippen LogP contribution in [-0.2, 0) is 35.3 Å². The largest absolute Gasteiger partial charge is 0.445 e. The third-order valence-corrected chi connectivity index (χ3v) is 6.00. The summed E-state index contributed by atoms with van der Waals surface area (Å²) in [6.07, 6.45) is 3.89. The molecular formula is C27H37N5O7. The second kappa shape index (κ2) is 15.3. The molecule has 0 saturated carbocycles. The number of nitrogens with one attached hydrogen (secondary N) is 4. The van der Waals surface area contributed by atoms with Crippen LogP contribution in [0.3, 0.4) is 0 Å². The summed E-state index contributed by atoms with van der Waals surface area (Å²) in [5.74, 6) is -2.06. The number of hydrogen-bond donors (Lipinski definition) is 4. The summed E-state index contributed by atoms with van der Waals surface area (Å²) in [6.45, 7) is 5.52. The Morgan fingerprint density at radius 2 is 1.51 bits per heavy atom. The molecule has 2 rings (SSSR count). The normalized spacial score (nSPS) is 14.1. The molecule has 12 heteroatoms. The highest BCUT2D eigenvalue weighted by molar-refractivity contribution is 6.12. The van der Waals surface area contributed by atoms with Crippen LogP contribution in [0.1, 0.15) is 52.0 Å². The maximum Gasteiger partial charge on any atom is 0.407 e. The first kappa shape index (κ1) is 31.0. The summed E-state index contributed by atoms with van der Waals surface area (Å²) in [4.78, 5) is 73.3. The van der Waals surface area contributed by atoms with Gasteiger partial charge in [0.2, 0.25) is 17.7 Å². The van der Waals surface area contributed by atoms with E-state index in [0.29, 0.717) is 31.5 Å². The third-order valence-electron chi connectivity index (χ3n) is 6.00. The van der Waals surface area contributed by atoms with Crippen molar-refractivity contribution >= 4 is 41.3 Å². The Kier molecular flexibility index (Phi) is 12.1. The zero-order chi connectivity index (χ0) is 28.9. The lowest BCUT2D eigenvalue weighted by Crippen LogP contribution is -2.53. The molecule has 212 valence electrons. The van der Waals surface area contributed by atoms with E-state index in [1.165, 1.54) is 19.2 Å². The fourth-order valence-electron chi connectivity index (χ4n) is 3.69. The first-order valence-corrected chi connectivity index (χ1v) is 12.9. The number of imide groups is 1. The Balaban J connectivity index is 1.75. The van der Waals surface area contributed by atoms with Gasteiger partial charge in [-0.1, -0.05) is 32.4 Å². The lowest BCUT2D eigenvalue weighted by Gasteiger charge is -2.24. The van der Waals surface area contributed by atoms with E-state index in [9.17, 15) is 28.8 Å². The molecule has 1 aromatic carbocycles. The monoisotopic (exact) mass is 543 g/mol. The van der Waals surface area contributed by atoms with Crippen LogP contribution in [0.2, 0.25) is 0 Å². The number of amides is 6. The van der Waals surface area contributed by atoms with Gasteiger partial charge in [0.15, 0.2) is 0 Å². The minimum atomic E-state index is -0.864. The quantitative estimate of drug-likeness (QED) is 0.205. The maximum absolute atomic E-state index is 12.8. The highest BCUT2D eigenvalue weighted by Gasteiger charge is 2.27. The number of carbonyl (C=O) groups is 6. The van der Waals surface area contributed by atoms with Crippen LogP contribution in [0.4, 0.5) is 10.5 Å². The van der Waals surface area contributed by atoms with Gasteiger partial charge < -0.3 is 26.0 Å². The minimum absolute atomic E-state index is 0.0843. The van der Waals surface area contributed by atoms with Crippen LogP contribution in [0.5, 0.6) is 0 Å². The van der Waals surface area contributed by atoms with Crippen LogP contribution >= 0.6 is 0 Å². The van der Waals surface area contributed by atoms with E-state index in [1.807, 2.05) is 0 Å². The lowest BCUT2D eigenvalue weighted by atomic mass is 10.0. The second-order valence-electron chi connectivity index (χ2n) is 9.50. The van der Waals surface area contributed by atoms with Crippen molar-refractivity contribution in [3.05, 3.63) is 42.0 Å². The molecule has 1 aliphatic rings. The molecular weight excluding hydrogens is 506 g/mol. The van der Waals surface area contributed by atoms with E-state index in [4.69, 9.17) is 4.74 Å². The number of unbranched alkanes of at least 4 members (excludes halogenated alkanes) is 2. The van der Waals surface area contributed by atoms with Crippen molar-refractivity contribution in [3.63, 3.8) is 0 Å². The Labute approximate surface area is 227 Å². The Bertz CT molecular complexity index is 1070. The first-order chi connectivity index (χ1) is 18.5. The molecule has 0 saturated heterocycles. The average Bonchev–Trinajstić information content (AvgIpc) is 3.22. The number of nitrogens with zero attached hydrogens (tertiary/aromatic N) is 1. The first-order valence-electron chi connectivity index (χ1n) is 12.9. The molecule has 0 unspecified atom stereocenters. The molecule has 0 aliphatic carbocycles. The summed E-state index contributed by atoms with van der Waals surface area (Å²) < 4.78 is 4.97. The van der Waals surface area contributed by atoms with Gasteiger partial charge in [-0.05, 0) is 43.4 Å². The van der Waals surface area contributed by atoms with Crippen LogP contribution in [-0.4, -0.2) is 66.2 Å². The Hall–Kier alpha value is -4.22. The van der Waals surface area contributed by atoms with Crippen molar-refractivity contribution in [1.29, 1.82) is 0 Å². The zero-order valence-corrected chi connectivity index (χ0v) is 22.7. The molecule has 12 nitrogen and oxygen atoms in total. The summed E-state index contributed by atoms with van der Waals surface area (Å²) >= 11 is 0. The average molecular weight is 544 g/mol. The SMILES string of the molecule is CNC(=O)OCc1ccc(NC(=O)[C@H](C)NC(=O)[C@@H](NC(=O)CCCCCN2C(=O)C=CC2=O)C(C)C)cc1. The van der Waals surface area contributed by atoms with Crippen molar-refractivity contribution in [1.82, 2.24) is 20.9 Å². The van der Waals surface area contributed by atoms with Gasteiger partial charge in [-0.3, -0.25) is 28.9 Å². The topological polar surface area (TPSA) is 163 Å². The molecule has 6 amide bonds. The predicted octanol–water partition coefficient (Wildman–Crippen LogP) is 1.61. The summed E-state index contributed by atoms with van der Waals surface area (Å²) in [6, 6.07) is 5.04. The third kappa shape index (κ3) is 10.2. The number of anilines is 1. The fourth-order valence-corrected chi connectivity index (χ4v) is 3.69. The number of ether oxygens (including phenoxy) is 1. The van der Waals surface area contributed by atoms with Crippen molar-refractivity contribution in [2.24, 2.45) is 5.92 Å². The molecule has 0 bridgehead atoms. The van der Waals surface area contributed by atoms with Gasteiger partial charge >= 0.3 is 6.09 Å². The van der Waals surface area contributed by atoms with Crippen LogP contribution in [0.25, 0.3) is 0 Å². The molecule has 1 heterocycles. The number of alkyl carbamates (subject to hydrolysis) is 1. The molecule has 0 radical (unpaired) electrons. The van der Waals surface area contributed by atoms with E-state index in [1.54, 1.807) is 45.0 Å². The van der Waals surface area contributed by atoms with E-state index in [-0.39, 0.29) is 36.7 Å². The maximum atomic E-state index is 12.8. The fraction of sp³-hybridized carbons (Fsp3) is 0.481. The predicted molar refractivity (Wildman–Crippen MR) is 143 cm³/mol. The van der Waals surface area contributed by atoms with Gasteiger partial charge in [0.25, 0.3) is 11.8 Å². The second-order valence-corrected chi connectivity index (χ2v) is 9.50. The minimum Gasteiger partial charge on any atom is -0.445 e. The van der Waals surface area contributed by atoms with Crippen molar-refractivity contribution in [2.45, 2.75) is 65.1 Å². The molecule has 0 spiro atoms. The summed E-state index contributed by atoms with van der Waals surface area (Å²) in [5, 5.41) is 10.4. The van der Waals surface area contributed by atoms with Crippen molar-refractivity contribution in [3.8, 4) is 0 Å². The highest BCUT2D eigenvalue weighted by Crippen LogP contribution is 2.12. The summed E-state index contributed by atoms with van der Waals surface area (Å²) in [7, 11) is 1.46. The van der Waals surface area contributed by atoms with E-state index in [2.05, 4.69) is 21.3 Å². The van der Waals surface area contributed by atoms with Crippen molar-refractivity contribution < 1.29 is 33.5 Å². The van der Waals surface area contributed by atoms with Crippen LogP contribution in [0.15, 0.2) is 36.4 Å². The van der Waals surface area contributed by atoms with E-state index >= 15 is 0 Å². The van der Waals surface area contributed by atoms with Gasteiger partial charge in [-0.15, -0.1) is 0 Å². The van der Waals surface area contributed by atoms with Gasteiger partial charge in [-0.25, -0.2) is 4.79 Å². The number of benzene rings is 1. The molecule has 1 aliphatic heterocycles. The zero-order valence-electron chi connectivity index (χ0n) is 22.7. The highest BCUT2D eigenvalue weighted by atomic mass is 16.5. The van der Waals surface area contributed by atoms with E-state index in [0.717, 1.165) is 10.5 Å². The molecule has 0 fully saturated rings. The summed E-state index contributed by atoms with van der Waals surface area (Å²) in [5.41, 5.74) is 1.25. The van der Waals surface area contributed by atoms with Gasteiger partial charge in [-0.2, -0.15) is 0 Å². The Morgan fingerprint density at radius 1 is 0.872 bits per heavy atom. The van der Waals surface area contributed by atoms with Crippen LogP contribution in [0, 0.1) is 5.92 Å². The smallest absolute Gasteiger partial charge is 0.407 e. The molecule has 39 heavy (non-hydrogen) atoms. The molecule has 0 aromatic heterocycles. The number of rotatable bonds is 14. The number of carbonyl (C=O) groups excluding carboxylic acids is 6. The molecule has 2 atom stereocenters. The van der Waals surface area contributed by atoms with Crippen molar-refractivity contribution in [2.75, 3.05) is 18.9 Å². The Morgan fingerprint density at radius 3 is 2.10 bits per heavy atom. The van der Waals surface area contributed by atoms with Gasteiger partial charge in [0, 0.05) is 37.9 Å². The standard InChI is InChI=1S/C27H37N5O7/c1-17(2)24(31-21(33)8-6-5-7-15-32-22(34)13-14-23(32)35)26(37)29-18(3)25(36)30-20-11-9-19(10-12-20)16-39-27(38)28-4/h9-14,17-18,24H,5-8,15-16H2,1-4H3,(H,28,38)(H,29,37)(H,30,36)(H,31,33)/t18-,24-/m0/s1. The van der Waals surface area contributed by atoms with E-state index < -0.39 is 30.0 Å². The van der Waals surface area contributed by atoms with Gasteiger partial charge in [0.05, 0.1) is 0 Å². The molecule has 4 N–H and O–H groups in total. The number of hydrogen-bond acceptors (Lipinski definition) is 7. The molecule has 1 aromatic rings. The van der Waals surface area contributed by atoms with Crippen LogP contribution < -0.4 is 21.3 Å².